The molecule has 0 aliphatic rings. The minimum atomic E-state index is -1.94. The number of quaternary nitrogens is 1. The van der Waals surface area contributed by atoms with Gasteiger partial charge < -0.3 is 49.1 Å². The van der Waals surface area contributed by atoms with Gasteiger partial charge in [-0.2, -0.15) is 0 Å². The quantitative estimate of drug-likeness (QED) is 0.272. The highest BCUT2D eigenvalue weighted by atomic mass is 32.1. The van der Waals surface area contributed by atoms with Gasteiger partial charge in [0, 0.05) is 5.12 Å². The number of carbonyl (C=O) groups excluding carboxylic acids is 1. The predicted octanol–water partition coefficient (Wildman–Crippen LogP) is -3.13. The zero-order valence-electron chi connectivity index (χ0n) is 7.57. The second-order valence-corrected chi connectivity index (χ2v) is 2.90. The fourth-order valence-corrected chi connectivity index (χ4v) is 0.801. The number of aliphatic hydroxyl groups excluding tert-OH is 5. The lowest BCUT2D eigenvalue weighted by Crippen LogP contribution is -2.48. The summed E-state index contributed by atoms with van der Waals surface area (Å²) in [5.41, 5.74) is 0. The van der Waals surface area contributed by atoms with Crippen LogP contribution < -0.4 is 6.15 Å². The van der Waals surface area contributed by atoms with E-state index in [1.54, 1.807) is 0 Å². The Bertz CT molecular complexity index is 180. The van der Waals surface area contributed by atoms with Crippen molar-refractivity contribution in [2.24, 2.45) is 0 Å². The van der Waals surface area contributed by atoms with E-state index >= 15 is 0 Å². The van der Waals surface area contributed by atoms with Crippen molar-refractivity contribution in [3.63, 3.8) is 0 Å². The molecule has 7 nitrogen and oxygen atoms in total. The van der Waals surface area contributed by atoms with E-state index in [2.05, 4.69) is 12.6 Å². The molecule has 14 heavy (non-hydrogen) atoms. The van der Waals surface area contributed by atoms with E-state index in [1.807, 2.05) is 0 Å². The minimum absolute atomic E-state index is 0. The molecule has 0 radical (unpaired) electrons. The third-order valence-electron chi connectivity index (χ3n) is 1.50. The van der Waals surface area contributed by atoms with Crippen molar-refractivity contribution >= 4 is 17.7 Å². The molecule has 0 fully saturated rings. The monoisotopic (exact) mass is 229 g/mol. The van der Waals surface area contributed by atoms with E-state index in [4.69, 9.17) is 25.5 Å². The summed E-state index contributed by atoms with van der Waals surface area (Å²) in [4.78, 5) is 10.4. The zero-order chi connectivity index (χ0) is 10.6. The third kappa shape index (κ3) is 4.24. The average molecular weight is 229 g/mol. The van der Waals surface area contributed by atoms with Crippen molar-refractivity contribution in [3.8, 4) is 0 Å². The van der Waals surface area contributed by atoms with Crippen molar-refractivity contribution in [2.75, 3.05) is 6.61 Å². The van der Waals surface area contributed by atoms with E-state index in [-0.39, 0.29) is 6.15 Å². The van der Waals surface area contributed by atoms with Gasteiger partial charge in [-0.05, 0) is 0 Å². The summed E-state index contributed by atoms with van der Waals surface area (Å²) in [6.07, 6.45) is -7.27. The molecule has 0 saturated carbocycles. The summed E-state index contributed by atoms with van der Waals surface area (Å²) < 4.78 is 0. The van der Waals surface area contributed by atoms with Crippen molar-refractivity contribution in [1.82, 2.24) is 6.15 Å². The van der Waals surface area contributed by atoms with E-state index in [0.29, 0.717) is 0 Å². The highest BCUT2D eigenvalue weighted by Gasteiger charge is 2.30. The summed E-state index contributed by atoms with van der Waals surface area (Å²) in [5, 5.41) is 42.9. The van der Waals surface area contributed by atoms with Crippen LogP contribution in [0.2, 0.25) is 0 Å². The van der Waals surface area contributed by atoms with Crippen LogP contribution in [0.5, 0.6) is 0 Å². The molecule has 8 heteroatoms. The van der Waals surface area contributed by atoms with E-state index in [1.165, 1.54) is 0 Å². The Kier molecular flexibility index (Phi) is 8.06. The molecule has 0 aliphatic heterocycles. The number of hydrogen-bond donors (Lipinski definition) is 6. The Balaban J connectivity index is 0. The third-order valence-corrected chi connectivity index (χ3v) is 1.74. The van der Waals surface area contributed by atoms with Crippen LogP contribution in [0, 0.1) is 0 Å². The first-order valence-corrected chi connectivity index (χ1v) is 3.86. The molecule has 0 aromatic rings. The topological polar surface area (TPSA) is 155 Å². The maximum atomic E-state index is 10.4. The van der Waals surface area contributed by atoms with Gasteiger partial charge in [0.15, 0.2) is 0 Å². The normalized spacial score (nSPS) is 18.9. The molecule has 0 aromatic heterocycles. The molecule has 0 aromatic carbocycles. The smallest absolute Gasteiger partial charge is 0.119 e. The second kappa shape index (κ2) is 7.01. The van der Waals surface area contributed by atoms with Crippen LogP contribution in [-0.4, -0.2) is 61.7 Å². The molecular weight excluding hydrogens is 214 g/mol. The fourth-order valence-electron chi connectivity index (χ4n) is 0.662. The lowest BCUT2D eigenvalue weighted by Gasteiger charge is -2.26. The first-order valence-electron chi connectivity index (χ1n) is 3.45. The lowest BCUT2D eigenvalue weighted by molar-refractivity contribution is -0.139. The fraction of sp³-hybridized carbons (Fsp3) is 0.833. The molecule has 0 heterocycles. The number of aliphatic hydroxyl groups is 5. The molecule has 0 unspecified atom stereocenters. The Morgan fingerprint density at radius 3 is 1.86 bits per heavy atom. The number of carbonyl (C=O) groups is 1. The maximum absolute atomic E-state index is 10.4. The molecule has 4 atom stereocenters. The molecule has 0 saturated heterocycles. The van der Waals surface area contributed by atoms with Gasteiger partial charge in [0.2, 0.25) is 0 Å². The molecule has 0 rings (SSSR count). The van der Waals surface area contributed by atoms with Gasteiger partial charge in [-0.3, -0.25) is 0 Å². The van der Waals surface area contributed by atoms with E-state index in [0.717, 1.165) is 0 Å². The van der Waals surface area contributed by atoms with Crippen LogP contribution in [0.3, 0.4) is 0 Å². The van der Waals surface area contributed by atoms with Gasteiger partial charge in [0.25, 0.3) is 0 Å². The summed E-state index contributed by atoms with van der Waals surface area (Å²) >= 11 is 4.02. The zero-order valence-corrected chi connectivity index (χ0v) is 8.39. The highest BCUT2D eigenvalue weighted by Crippen LogP contribution is 2.05. The minimum Gasteiger partial charge on any atom is -0.739 e. The van der Waals surface area contributed by atoms with Crippen LogP contribution in [0.4, 0.5) is 0 Å². The molecule has 0 bridgehead atoms. The first kappa shape index (κ1) is 16.1. The summed E-state index contributed by atoms with van der Waals surface area (Å²) in [7, 11) is 0. The van der Waals surface area contributed by atoms with E-state index < -0.39 is 36.1 Å². The SMILES string of the molecule is O=C([S-])[C@H](O)[C@@H](O)[C@H](O)[C@H](O)CO.[NH4+]. The van der Waals surface area contributed by atoms with Crippen LogP contribution in [0.15, 0.2) is 0 Å². The highest BCUT2D eigenvalue weighted by molar-refractivity contribution is 7.77. The second-order valence-electron chi connectivity index (χ2n) is 2.49. The van der Waals surface area contributed by atoms with Crippen molar-refractivity contribution in [2.45, 2.75) is 24.4 Å². The Labute approximate surface area is 86.0 Å². The standard InChI is InChI=1S/C6H12O6S.H3N/c7-1-2(8)3(9)4(10)5(11)6(12)13;/h2-5,7-11H,1H2,(H,12,13);1H3/t2-,3-,4+,5-;/m1./s1. The van der Waals surface area contributed by atoms with Gasteiger partial charge in [-0.15, -0.1) is 0 Å². The molecule has 9 N–H and O–H groups in total. The molecular formula is C6H15NO6S. The number of hydrogen-bond acceptors (Lipinski definition) is 7. The van der Waals surface area contributed by atoms with Crippen molar-refractivity contribution in [3.05, 3.63) is 0 Å². The maximum Gasteiger partial charge on any atom is 0.119 e. The molecule has 0 aliphatic carbocycles. The van der Waals surface area contributed by atoms with Gasteiger partial charge in [-0.25, -0.2) is 0 Å². The Morgan fingerprint density at radius 1 is 1.14 bits per heavy atom. The number of rotatable bonds is 5. The van der Waals surface area contributed by atoms with E-state index in [9.17, 15) is 4.79 Å². The Hall–Kier alpha value is -0.350. The van der Waals surface area contributed by atoms with Crippen LogP contribution in [0.1, 0.15) is 0 Å². The van der Waals surface area contributed by atoms with Crippen LogP contribution in [0.25, 0.3) is 0 Å². The Morgan fingerprint density at radius 2 is 1.57 bits per heavy atom. The predicted molar refractivity (Wildman–Crippen MR) is 49.5 cm³/mol. The van der Waals surface area contributed by atoms with Crippen LogP contribution >= 0.6 is 0 Å². The van der Waals surface area contributed by atoms with Crippen molar-refractivity contribution in [1.29, 1.82) is 0 Å². The van der Waals surface area contributed by atoms with Crippen molar-refractivity contribution < 1.29 is 30.3 Å². The summed E-state index contributed by atoms with van der Waals surface area (Å²) in [6.45, 7) is -0.795. The first-order chi connectivity index (χ1) is 5.91. The molecule has 86 valence electrons. The lowest BCUT2D eigenvalue weighted by atomic mass is 10.0. The molecule has 0 spiro atoms. The van der Waals surface area contributed by atoms with Gasteiger partial charge in [0.1, 0.15) is 24.4 Å². The van der Waals surface area contributed by atoms with Gasteiger partial charge >= 0.3 is 0 Å². The van der Waals surface area contributed by atoms with Gasteiger partial charge in [0.05, 0.1) is 6.61 Å². The van der Waals surface area contributed by atoms with Crippen LogP contribution in [-0.2, 0) is 17.4 Å². The largest absolute Gasteiger partial charge is 0.739 e. The van der Waals surface area contributed by atoms with Gasteiger partial charge in [-0.1, -0.05) is 0 Å². The molecule has 0 amide bonds. The summed E-state index contributed by atoms with van der Waals surface area (Å²) in [5.74, 6) is 0. The summed E-state index contributed by atoms with van der Waals surface area (Å²) in [6, 6.07) is 0. The average Bonchev–Trinajstić information content (AvgIpc) is 2.12.